The van der Waals surface area contributed by atoms with E-state index in [0.717, 1.165) is 55.1 Å². The summed E-state index contributed by atoms with van der Waals surface area (Å²) in [5.41, 5.74) is 3.74. The molecule has 0 atom stereocenters. The van der Waals surface area contributed by atoms with E-state index in [1.807, 2.05) is 18.2 Å². The maximum Gasteiger partial charge on any atom is 0.319 e. The van der Waals surface area contributed by atoms with Gasteiger partial charge in [-0.25, -0.2) is 4.79 Å². The summed E-state index contributed by atoms with van der Waals surface area (Å²) in [4.78, 5) is 15.2. The quantitative estimate of drug-likeness (QED) is 0.346. The first-order valence-electron chi connectivity index (χ1n) is 12.7. The van der Waals surface area contributed by atoms with E-state index >= 15 is 0 Å². The lowest BCUT2D eigenvalue weighted by Gasteiger charge is -2.42. The van der Waals surface area contributed by atoms with Crippen molar-refractivity contribution in [3.63, 3.8) is 0 Å². The van der Waals surface area contributed by atoms with Crippen molar-refractivity contribution in [2.45, 2.75) is 18.3 Å². The number of carbonyl (C=O) groups excluding carboxylic acids is 1. The lowest BCUT2D eigenvalue weighted by atomic mass is 9.72. The molecule has 1 fully saturated rings. The Labute approximate surface area is 233 Å². The number of benzene rings is 3. The molecule has 0 bridgehead atoms. The largest absolute Gasteiger partial charge is 0.454 e. The molecule has 2 aliphatic heterocycles. The van der Waals surface area contributed by atoms with E-state index in [4.69, 9.17) is 37.4 Å². The summed E-state index contributed by atoms with van der Waals surface area (Å²) < 4.78 is 16.3. The normalized spacial score (nSPS) is 16.3. The zero-order valence-corrected chi connectivity index (χ0v) is 22.8. The monoisotopic (exact) mass is 555 g/mol. The van der Waals surface area contributed by atoms with E-state index in [9.17, 15) is 4.79 Å². The van der Waals surface area contributed by atoms with E-state index in [1.165, 1.54) is 5.56 Å². The second-order valence-corrected chi connectivity index (χ2v) is 10.6. The molecule has 38 heavy (non-hydrogen) atoms. The first-order valence-corrected chi connectivity index (χ1v) is 13.4. The summed E-state index contributed by atoms with van der Waals surface area (Å²) in [6.07, 6.45) is 1.84. The summed E-state index contributed by atoms with van der Waals surface area (Å²) in [5, 5.41) is 6.89. The van der Waals surface area contributed by atoms with Gasteiger partial charge in [0.2, 0.25) is 6.79 Å². The van der Waals surface area contributed by atoms with Crippen LogP contribution in [0.25, 0.3) is 11.1 Å². The molecule has 0 aromatic heterocycles. The number of methoxy groups -OCH3 is 1. The van der Waals surface area contributed by atoms with Crippen molar-refractivity contribution in [3.05, 3.63) is 76.3 Å². The highest BCUT2D eigenvalue weighted by Gasteiger charge is 2.36. The predicted molar refractivity (Wildman–Crippen MR) is 151 cm³/mol. The highest BCUT2D eigenvalue weighted by molar-refractivity contribution is 6.35. The molecule has 0 aliphatic carbocycles. The van der Waals surface area contributed by atoms with Gasteiger partial charge >= 0.3 is 6.03 Å². The Bertz CT molecular complexity index is 1260. The number of nitrogens with one attached hydrogen (secondary N) is 2. The number of urea groups is 1. The third-order valence-corrected chi connectivity index (χ3v) is 7.77. The van der Waals surface area contributed by atoms with Crippen LogP contribution in [0.4, 0.5) is 10.5 Å². The Morgan fingerprint density at radius 3 is 2.34 bits per heavy atom. The van der Waals surface area contributed by atoms with Gasteiger partial charge in [0.05, 0.1) is 6.61 Å². The lowest BCUT2D eigenvalue weighted by Crippen LogP contribution is -2.50. The number of carbonyl (C=O) groups is 1. The molecule has 2 amide bonds. The molecular weight excluding hydrogens is 525 g/mol. The summed E-state index contributed by atoms with van der Waals surface area (Å²) in [5.74, 6) is 1.54. The van der Waals surface area contributed by atoms with Crippen molar-refractivity contribution in [1.29, 1.82) is 0 Å². The van der Waals surface area contributed by atoms with Crippen molar-refractivity contribution in [1.82, 2.24) is 10.2 Å². The van der Waals surface area contributed by atoms with E-state index in [2.05, 4.69) is 39.8 Å². The number of halogens is 2. The molecular formula is C29H31Cl2N3O4. The van der Waals surface area contributed by atoms with Crippen molar-refractivity contribution in [3.8, 4) is 22.6 Å². The Kier molecular flexibility index (Phi) is 8.29. The highest BCUT2D eigenvalue weighted by atomic mass is 35.5. The highest BCUT2D eigenvalue weighted by Crippen LogP contribution is 2.38. The number of fused-ring (bicyclic) bond motifs is 1. The van der Waals surface area contributed by atoms with Crippen LogP contribution in [-0.2, 0) is 10.2 Å². The maximum atomic E-state index is 12.8. The van der Waals surface area contributed by atoms with Crippen molar-refractivity contribution < 1.29 is 19.0 Å². The predicted octanol–water partition coefficient (Wildman–Crippen LogP) is 6.19. The third kappa shape index (κ3) is 6.18. The van der Waals surface area contributed by atoms with Crippen molar-refractivity contribution >= 4 is 34.9 Å². The number of ether oxygens (including phenoxy) is 3. The Balaban J connectivity index is 1.32. The molecule has 0 radical (unpaired) electrons. The lowest BCUT2D eigenvalue weighted by molar-refractivity contribution is 0.109. The average Bonchev–Trinajstić information content (AvgIpc) is 3.39. The SMILES string of the molecule is COCCN1CCC(CNC(=O)Nc2cc(Cl)cc(Cl)c2)(c2ccc(-c3ccc4c(c3)OCO4)cc2)CC1. The first kappa shape index (κ1) is 26.6. The molecule has 2 heterocycles. The Hall–Kier alpha value is -2.97. The van der Waals surface area contributed by atoms with Crippen LogP contribution < -0.4 is 20.1 Å². The first-order chi connectivity index (χ1) is 18.4. The van der Waals surface area contributed by atoms with Crippen molar-refractivity contribution in [2.75, 3.05) is 52.0 Å². The smallest absolute Gasteiger partial charge is 0.319 e. The van der Waals surface area contributed by atoms with Crippen molar-refractivity contribution in [2.24, 2.45) is 0 Å². The van der Waals surface area contributed by atoms with E-state index in [0.29, 0.717) is 28.9 Å². The molecule has 3 aromatic carbocycles. The number of likely N-dealkylation sites (tertiary alicyclic amines) is 1. The molecule has 0 spiro atoms. The van der Waals surface area contributed by atoms with E-state index < -0.39 is 0 Å². The molecule has 2 N–H and O–H groups in total. The van der Waals surface area contributed by atoms with Gasteiger partial charge in [0, 0.05) is 41.3 Å². The minimum Gasteiger partial charge on any atom is -0.454 e. The summed E-state index contributed by atoms with van der Waals surface area (Å²) >= 11 is 12.2. The summed E-state index contributed by atoms with van der Waals surface area (Å²) in [7, 11) is 1.73. The summed E-state index contributed by atoms with van der Waals surface area (Å²) in [6.45, 7) is 4.24. The Morgan fingerprint density at radius 1 is 0.947 bits per heavy atom. The van der Waals surface area contributed by atoms with Gasteiger partial charge in [0.1, 0.15) is 0 Å². The van der Waals surface area contributed by atoms with Gasteiger partial charge in [-0.2, -0.15) is 0 Å². The number of anilines is 1. The van der Waals surface area contributed by atoms with Crippen LogP contribution in [0.2, 0.25) is 10.0 Å². The molecule has 3 aromatic rings. The van der Waals surface area contributed by atoms with Gasteiger partial charge in [0.25, 0.3) is 0 Å². The number of hydrogen-bond donors (Lipinski definition) is 2. The number of rotatable bonds is 8. The van der Waals surface area contributed by atoms with Crippen LogP contribution >= 0.6 is 23.2 Å². The molecule has 0 saturated carbocycles. The van der Waals surface area contributed by atoms with Gasteiger partial charge in [-0.05, 0) is 73.0 Å². The number of nitrogens with zero attached hydrogens (tertiary/aromatic N) is 1. The fourth-order valence-corrected chi connectivity index (χ4v) is 5.66. The fraction of sp³-hybridized carbons (Fsp3) is 0.345. The van der Waals surface area contributed by atoms with Crippen LogP contribution in [-0.4, -0.2) is 57.6 Å². The second kappa shape index (κ2) is 11.8. The molecule has 7 nitrogen and oxygen atoms in total. The average molecular weight is 556 g/mol. The third-order valence-electron chi connectivity index (χ3n) is 7.34. The van der Waals surface area contributed by atoms with Crippen LogP contribution in [0.15, 0.2) is 60.7 Å². The molecule has 5 rings (SSSR count). The Morgan fingerprint density at radius 2 is 1.63 bits per heavy atom. The zero-order chi connectivity index (χ0) is 26.5. The maximum absolute atomic E-state index is 12.8. The zero-order valence-electron chi connectivity index (χ0n) is 21.3. The number of amides is 2. The van der Waals surface area contributed by atoms with Gasteiger partial charge in [0.15, 0.2) is 11.5 Å². The van der Waals surface area contributed by atoms with Crippen LogP contribution in [0.1, 0.15) is 18.4 Å². The minimum absolute atomic E-state index is 0.194. The molecule has 1 saturated heterocycles. The van der Waals surface area contributed by atoms with Gasteiger partial charge in [-0.15, -0.1) is 0 Å². The second-order valence-electron chi connectivity index (χ2n) is 9.73. The number of piperidine rings is 1. The van der Waals surface area contributed by atoms with Gasteiger partial charge < -0.3 is 29.7 Å². The molecule has 2 aliphatic rings. The molecule has 200 valence electrons. The van der Waals surface area contributed by atoms with Gasteiger partial charge in [-0.1, -0.05) is 53.5 Å². The molecule has 0 unspecified atom stereocenters. The van der Waals surface area contributed by atoms with Crippen LogP contribution in [0, 0.1) is 0 Å². The summed E-state index contributed by atoms with van der Waals surface area (Å²) in [6, 6.07) is 19.3. The topological polar surface area (TPSA) is 72.1 Å². The van der Waals surface area contributed by atoms with E-state index in [1.54, 1.807) is 25.3 Å². The standard InChI is InChI=1S/C29H31Cl2N3O4/c1-36-13-12-34-10-8-29(9-11-34,18-32-28(35)33-25-16-23(30)15-24(31)17-25)22-5-2-20(3-6-22)21-4-7-26-27(14-21)38-19-37-26/h2-7,14-17H,8-13,18-19H2,1H3,(H2,32,33,35). The molecule has 9 heteroatoms. The van der Waals surface area contributed by atoms with Crippen LogP contribution in [0.5, 0.6) is 11.5 Å². The van der Waals surface area contributed by atoms with Gasteiger partial charge in [-0.3, -0.25) is 0 Å². The number of hydrogen-bond acceptors (Lipinski definition) is 5. The van der Waals surface area contributed by atoms with E-state index in [-0.39, 0.29) is 18.2 Å². The fourth-order valence-electron chi connectivity index (χ4n) is 5.14. The minimum atomic E-state index is -0.290. The van der Waals surface area contributed by atoms with Crippen LogP contribution in [0.3, 0.4) is 0 Å².